The van der Waals surface area contributed by atoms with E-state index in [1.54, 1.807) is 11.3 Å². The van der Waals surface area contributed by atoms with Gasteiger partial charge in [0.1, 0.15) is 6.04 Å². The molecule has 0 aliphatic carbocycles. The van der Waals surface area contributed by atoms with E-state index in [9.17, 15) is 14.7 Å². The molecule has 0 aliphatic rings. The average Bonchev–Trinajstić information content (AvgIpc) is 2.93. The maximum Gasteiger partial charge on any atom is 0.326 e. The minimum absolute atomic E-state index is 0.250. The number of amides is 1. The van der Waals surface area contributed by atoms with E-state index in [0.717, 1.165) is 31.9 Å². The Morgan fingerprint density at radius 1 is 1.16 bits per heavy atom. The predicted molar refractivity (Wildman–Crippen MR) is 98.7 cm³/mol. The summed E-state index contributed by atoms with van der Waals surface area (Å²) in [4.78, 5) is 26.9. The van der Waals surface area contributed by atoms with Crippen LogP contribution in [-0.4, -0.2) is 28.0 Å². The Labute approximate surface area is 149 Å². The number of fused-ring (bicyclic) bond motifs is 1. The van der Waals surface area contributed by atoms with Crippen molar-refractivity contribution in [3.63, 3.8) is 0 Å². The van der Waals surface area contributed by atoms with Crippen molar-refractivity contribution >= 4 is 33.4 Å². The molecule has 5 nitrogen and oxygen atoms in total. The Kier molecular flexibility index (Phi) is 4.81. The molecule has 2 aromatic carbocycles. The van der Waals surface area contributed by atoms with Crippen LogP contribution in [0.5, 0.6) is 0 Å². The third-order valence-electron chi connectivity index (χ3n) is 3.90. The highest BCUT2D eigenvalue weighted by atomic mass is 32.1. The number of nitrogens with one attached hydrogen (secondary N) is 1. The predicted octanol–water partition coefficient (Wildman–Crippen LogP) is 3.40. The molecule has 0 saturated carbocycles. The van der Waals surface area contributed by atoms with Crippen molar-refractivity contribution in [2.75, 3.05) is 0 Å². The number of carboxylic acid groups (broad SMARTS) is 1. The lowest BCUT2D eigenvalue weighted by Gasteiger charge is -2.13. The van der Waals surface area contributed by atoms with Crippen LogP contribution >= 0.6 is 11.3 Å². The van der Waals surface area contributed by atoms with Crippen LogP contribution in [0.15, 0.2) is 42.5 Å². The third kappa shape index (κ3) is 4.03. The first-order chi connectivity index (χ1) is 11.9. The number of aromatic nitrogens is 1. The van der Waals surface area contributed by atoms with Crippen LogP contribution in [0.1, 0.15) is 17.5 Å². The molecule has 6 heteroatoms. The van der Waals surface area contributed by atoms with Gasteiger partial charge in [0.2, 0.25) is 5.91 Å². The SMILES string of the molecule is CC(=O)NC(Cc1ccc(-c2ccc3sc(C)nc3c2)cc1)C(=O)O. The maximum absolute atomic E-state index is 11.2. The van der Waals surface area contributed by atoms with E-state index >= 15 is 0 Å². The molecule has 25 heavy (non-hydrogen) atoms. The monoisotopic (exact) mass is 354 g/mol. The summed E-state index contributed by atoms with van der Waals surface area (Å²) in [7, 11) is 0. The second-order valence-electron chi connectivity index (χ2n) is 5.91. The van der Waals surface area contributed by atoms with Gasteiger partial charge in [-0.25, -0.2) is 9.78 Å². The van der Waals surface area contributed by atoms with Crippen molar-refractivity contribution in [1.29, 1.82) is 0 Å². The Morgan fingerprint density at radius 3 is 2.48 bits per heavy atom. The van der Waals surface area contributed by atoms with Gasteiger partial charge in [-0.05, 0) is 35.7 Å². The number of carboxylic acids is 1. The standard InChI is InChI=1S/C19H18N2O3S/c1-11(22)20-17(19(23)24)9-13-3-5-14(6-4-13)15-7-8-18-16(10-15)21-12(2)25-18/h3-8,10,17H,9H2,1-2H3,(H,20,22)(H,23,24). The summed E-state index contributed by atoms with van der Waals surface area (Å²) < 4.78 is 1.16. The Morgan fingerprint density at radius 2 is 1.84 bits per heavy atom. The number of carbonyl (C=O) groups excluding carboxylic acids is 1. The summed E-state index contributed by atoms with van der Waals surface area (Å²) in [5.74, 6) is -1.39. The van der Waals surface area contributed by atoms with Crippen molar-refractivity contribution < 1.29 is 14.7 Å². The minimum Gasteiger partial charge on any atom is -0.480 e. The van der Waals surface area contributed by atoms with E-state index in [-0.39, 0.29) is 12.3 Å². The first-order valence-corrected chi connectivity index (χ1v) is 8.70. The molecule has 2 N–H and O–H groups in total. The highest BCUT2D eigenvalue weighted by molar-refractivity contribution is 7.18. The number of thiazole rings is 1. The van der Waals surface area contributed by atoms with Gasteiger partial charge in [-0.15, -0.1) is 11.3 Å². The van der Waals surface area contributed by atoms with Gasteiger partial charge in [-0.1, -0.05) is 30.3 Å². The molecule has 1 heterocycles. The second-order valence-corrected chi connectivity index (χ2v) is 7.14. The molecular formula is C19H18N2O3S. The smallest absolute Gasteiger partial charge is 0.326 e. The van der Waals surface area contributed by atoms with Gasteiger partial charge in [0.05, 0.1) is 15.2 Å². The van der Waals surface area contributed by atoms with Crippen molar-refractivity contribution in [3.05, 3.63) is 53.0 Å². The quantitative estimate of drug-likeness (QED) is 0.736. The first kappa shape index (κ1) is 17.1. The summed E-state index contributed by atoms with van der Waals surface area (Å²) in [5, 5.41) is 12.7. The van der Waals surface area contributed by atoms with Crippen LogP contribution in [0.4, 0.5) is 0 Å². The lowest BCUT2D eigenvalue weighted by molar-refractivity contribution is -0.141. The highest BCUT2D eigenvalue weighted by Crippen LogP contribution is 2.27. The molecule has 1 aromatic heterocycles. The molecule has 0 spiro atoms. The molecule has 0 bridgehead atoms. The number of nitrogens with zero attached hydrogens (tertiary/aromatic N) is 1. The fourth-order valence-electron chi connectivity index (χ4n) is 2.74. The summed E-state index contributed by atoms with van der Waals surface area (Å²) >= 11 is 1.67. The second kappa shape index (κ2) is 7.03. The molecule has 1 unspecified atom stereocenters. The molecule has 0 radical (unpaired) electrons. The van der Waals surface area contributed by atoms with Crippen LogP contribution in [0.25, 0.3) is 21.3 Å². The highest BCUT2D eigenvalue weighted by Gasteiger charge is 2.18. The fraction of sp³-hybridized carbons (Fsp3) is 0.211. The van der Waals surface area contributed by atoms with E-state index in [1.165, 1.54) is 6.92 Å². The van der Waals surface area contributed by atoms with Gasteiger partial charge < -0.3 is 10.4 Å². The van der Waals surface area contributed by atoms with E-state index in [1.807, 2.05) is 31.2 Å². The van der Waals surface area contributed by atoms with Crippen LogP contribution in [0.2, 0.25) is 0 Å². The number of hydrogen-bond donors (Lipinski definition) is 2. The van der Waals surface area contributed by atoms with Crippen LogP contribution in [-0.2, 0) is 16.0 Å². The van der Waals surface area contributed by atoms with Gasteiger partial charge in [0, 0.05) is 13.3 Å². The van der Waals surface area contributed by atoms with E-state index < -0.39 is 12.0 Å². The van der Waals surface area contributed by atoms with E-state index in [4.69, 9.17) is 0 Å². The number of hydrogen-bond acceptors (Lipinski definition) is 4. The first-order valence-electron chi connectivity index (χ1n) is 7.89. The lowest BCUT2D eigenvalue weighted by atomic mass is 10.0. The average molecular weight is 354 g/mol. The van der Waals surface area contributed by atoms with Crippen molar-refractivity contribution in [2.45, 2.75) is 26.3 Å². The fourth-order valence-corrected chi connectivity index (χ4v) is 3.54. The maximum atomic E-state index is 11.2. The summed E-state index contributed by atoms with van der Waals surface area (Å²) in [6, 6.07) is 13.0. The summed E-state index contributed by atoms with van der Waals surface area (Å²) in [6.07, 6.45) is 0.250. The Balaban J connectivity index is 1.80. The lowest BCUT2D eigenvalue weighted by Crippen LogP contribution is -2.41. The number of rotatable bonds is 5. The molecule has 1 atom stereocenters. The number of carbonyl (C=O) groups is 2. The molecule has 1 amide bonds. The molecule has 0 fully saturated rings. The van der Waals surface area contributed by atoms with Gasteiger partial charge >= 0.3 is 5.97 Å². The van der Waals surface area contributed by atoms with Crippen LogP contribution in [0, 0.1) is 6.92 Å². The zero-order valence-electron chi connectivity index (χ0n) is 13.9. The van der Waals surface area contributed by atoms with Crippen LogP contribution in [0.3, 0.4) is 0 Å². The summed E-state index contributed by atoms with van der Waals surface area (Å²) in [5.41, 5.74) is 3.96. The van der Waals surface area contributed by atoms with Gasteiger partial charge in [0.25, 0.3) is 0 Å². The van der Waals surface area contributed by atoms with Gasteiger partial charge in [0.15, 0.2) is 0 Å². The van der Waals surface area contributed by atoms with E-state index in [2.05, 4.69) is 28.5 Å². The molecule has 0 aliphatic heterocycles. The topological polar surface area (TPSA) is 79.3 Å². The van der Waals surface area contributed by atoms with Crippen LogP contribution < -0.4 is 5.32 Å². The molecule has 3 aromatic rings. The van der Waals surface area contributed by atoms with Gasteiger partial charge in [-0.3, -0.25) is 4.79 Å². The largest absolute Gasteiger partial charge is 0.480 e. The number of benzene rings is 2. The third-order valence-corrected chi connectivity index (χ3v) is 4.85. The Bertz CT molecular complexity index is 931. The molecule has 3 rings (SSSR count). The van der Waals surface area contributed by atoms with Crippen molar-refractivity contribution in [3.8, 4) is 11.1 Å². The Hall–Kier alpha value is -2.73. The van der Waals surface area contributed by atoms with Gasteiger partial charge in [-0.2, -0.15) is 0 Å². The molecule has 128 valence electrons. The van der Waals surface area contributed by atoms with Crippen molar-refractivity contribution in [2.24, 2.45) is 0 Å². The molecule has 0 saturated heterocycles. The van der Waals surface area contributed by atoms with E-state index in [0.29, 0.717) is 0 Å². The number of aryl methyl sites for hydroxylation is 1. The number of aliphatic carboxylic acids is 1. The zero-order chi connectivity index (χ0) is 18.0. The molecular weight excluding hydrogens is 336 g/mol. The van der Waals surface area contributed by atoms with Crippen molar-refractivity contribution in [1.82, 2.24) is 10.3 Å². The summed E-state index contributed by atoms with van der Waals surface area (Å²) in [6.45, 7) is 3.31. The normalized spacial score (nSPS) is 12.1. The zero-order valence-corrected chi connectivity index (χ0v) is 14.8. The minimum atomic E-state index is -1.04.